The van der Waals surface area contributed by atoms with Crippen LogP contribution in [0.4, 0.5) is 0 Å². The Kier molecular flexibility index (Phi) is 5.20. The van der Waals surface area contributed by atoms with Gasteiger partial charge in [0.2, 0.25) is 5.91 Å². The molecule has 3 N–H and O–H groups in total. The van der Waals surface area contributed by atoms with Crippen LogP contribution in [0, 0.1) is 5.92 Å². The summed E-state index contributed by atoms with van der Waals surface area (Å²) in [5, 5.41) is 5.07. The zero-order valence-electron chi connectivity index (χ0n) is 10.7. The van der Waals surface area contributed by atoms with Crippen LogP contribution >= 0.6 is 11.3 Å². The van der Waals surface area contributed by atoms with Crippen molar-refractivity contribution in [1.82, 2.24) is 5.32 Å². The van der Waals surface area contributed by atoms with Gasteiger partial charge in [0.05, 0.1) is 0 Å². The zero-order chi connectivity index (χ0) is 12.8. The number of carbonyl (C=O) groups is 1. The van der Waals surface area contributed by atoms with Crippen LogP contribution in [-0.2, 0) is 11.2 Å². The van der Waals surface area contributed by atoms with Gasteiger partial charge < -0.3 is 11.1 Å². The molecule has 1 fully saturated rings. The summed E-state index contributed by atoms with van der Waals surface area (Å²) in [6.45, 7) is 0.737. The van der Waals surface area contributed by atoms with Crippen molar-refractivity contribution in [2.24, 2.45) is 11.7 Å². The number of hydrogen-bond donors (Lipinski definition) is 2. The SMILES string of the molecule is NC1CCCCC1CC(=O)NCCc1cccs1. The van der Waals surface area contributed by atoms with E-state index >= 15 is 0 Å². The zero-order valence-corrected chi connectivity index (χ0v) is 11.5. The number of nitrogens with two attached hydrogens (primary N) is 1. The highest BCUT2D eigenvalue weighted by molar-refractivity contribution is 7.09. The second kappa shape index (κ2) is 6.90. The van der Waals surface area contributed by atoms with Gasteiger partial charge in [-0.15, -0.1) is 11.3 Å². The molecule has 0 saturated heterocycles. The average Bonchev–Trinajstić information content (AvgIpc) is 2.85. The molecule has 1 heterocycles. The second-order valence-electron chi connectivity index (χ2n) is 5.09. The van der Waals surface area contributed by atoms with Gasteiger partial charge >= 0.3 is 0 Å². The fourth-order valence-electron chi connectivity index (χ4n) is 2.58. The van der Waals surface area contributed by atoms with Crippen LogP contribution in [0.3, 0.4) is 0 Å². The molecule has 18 heavy (non-hydrogen) atoms. The number of hydrogen-bond acceptors (Lipinski definition) is 3. The molecule has 0 aromatic carbocycles. The number of carbonyl (C=O) groups excluding carboxylic acids is 1. The van der Waals surface area contributed by atoms with Gasteiger partial charge in [-0.2, -0.15) is 0 Å². The molecule has 100 valence electrons. The lowest BCUT2D eigenvalue weighted by atomic mass is 9.83. The van der Waals surface area contributed by atoms with E-state index in [2.05, 4.69) is 16.8 Å². The van der Waals surface area contributed by atoms with Gasteiger partial charge in [0, 0.05) is 23.9 Å². The molecule has 3 nitrogen and oxygen atoms in total. The van der Waals surface area contributed by atoms with Crippen molar-refractivity contribution in [2.45, 2.75) is 44.6 Å². The molecule has 1 aromatic heterocycles. The first-order chi connectivity index (χ1) is 8.75. The average molecular weight is 266 g/mol. The van der Waals surface area contributed by atoms with Crippen molar-refractivity contribution in [3.8, 4) is 0 Å². The summed E-state index contributed by atoms with van der Waals surface area (Å²) in [4.78, 5) is 13.1. The molecule has 0 spiro atoms. The minimum Gasteiger partial charge on any atom is -0.356 e. The molecule has 1 aromatic rings. The Bertz CT molecular complexity index is 364. The first kappa shape index (κ1) is 13.6. The van der Waals surface area contributed by atoms with Crippen LogP contribution in [0.25, 0.3) is 0 Å². The molecular weight excluding hydrogens is 244 g/mol. The Morgan fingerprint density at radius 3 is 3.00 bits per heavy atom. The molecule has 0 radical (unpaired) electrons. The Morgan fingerprint density at radius 2 is 2.28 bits per heavy atom. The van der Waals surface area contributed by atoms with E-state index in [9.17, 15) is 4.79 Å². The lowest BCUT2D eigenvalue weighted by molar-refractivity contribution is -0.122. The molecule has 1 saturated carbocycles. The highest BCUT2D eigenvalue weighted by atomic mass is 32.1. The van der Waals surface area contributed by atoms with Gasteiger partial charge in [0.25, 0.3) is 0 Å². The van der Waals surface area contributed by atoms with E-state index in [1.165, 1.54) is 17.7 Å². The molecule has 2 atom stereocenters. The molecule has 2 unspecified atom stereocenters. The van der Waals surface area contributed by atoms with Crippen LogP contribution in [0.15, 0.2) is 17.5 Å². The molecule has 1 amide bonds. The van der Waals surface area contributed by atoms with E-state index in [0.29, 0.717) is 12.3 Å². The Morgan fingerprint density at radius 1 is 1.44 bits per heavy atom. The summed E-state index contributed by atoms with van der Waals surface area (Å²) in [5.74, 6) is 0.550. The molecule has 4 heteroatoms. The van der Waals surface area contributed by atoms with Crippen LogP contribution in [0.1, 0.15) is 37.0 Å². The number of thiophene rings is 1. The lowest BCUT2D eigenvalue weighted by Gasteiger charge is -2.27. The van der Waals surface area contributed by atoms with Crippen LogP contribution in [0.2, 0.25) is 0 Å². The number of nitrogens with one attached hydrogen (secondary N) is 1. The van der Waals surface area contributed by atoms with Gasteiger partial charge in [0.1, 0.15) is 0 Å². The third kappa shape index (κ3) is 4.10. The minimum atomic E-state index is 0.161. The Hall–Kier alpha value is -0.870. The Labute approximate surface area is 113 Å². The maximum absolute atomic E-state index is 11.8. The monoisotopic (exact) mass is 266 g/mol. The Balaban J connectivity index is 1.65. The van der Waals surface area contributed by atoms with Gasteiger partial charge in [-0.25, -0.2) is 0 Å². The standard InChI is InChI=1S/C14H22N2OS/c15-13-6-2-1-4-11(13)10-14(17)16-8-7-12-5-3-9-18-12/h3,5,9,11,13H,1-2,4,6-8,10,15H2,(H,16,17). The maximum Gasteiger partial charge on any atom is 0.220 e. The third-order valence-electron chi connectivity index (χ3n) is 3.69. The molecule has 0 bridgehead atoms. The normalized spacial score (nSPS) is 23.8. The van der Waals surface area contributed by atoms with Gasteiger partial charge in [-0.05, 0) is 36.6 Å². The lowest BCUT2D eigenvalue weighted by Crippen LogP contribution is -2.37. The fraction of sp³-hybridized carbons (Fsp3) is 0.643. The van der Waals surface area contributed by atoms with Crippen molar-refractivity contribution < 1.29 is 4.79 Å². The predicted molar refractivity (Wildman–Crippen MR) is 75.6 cm³/mol. The summed E-state index contributed by atoms with van der Waals surface area (Å²) in [6.07, 6.45) is 6.16. The van der Waals surface area contributed by atoms with E-state index in [4.69, 9.17) is 5.73 Å². The van der Waals surface area contributed by atoms with Gasteiger partial charge in [-0.3, -0.25) is 4.79 Å². The smallest absolute Gasteiger partial charge is 0.220 e. The van der Waals surface area contributed by atoms with E-state index in [-0.39, 0.29) is 11.9 Å². The number of rotatable bonds is 5. The van der Waals surface area contributed by atoms with Crippen LogP contribution < -0.4 is 11.1 Å². The van der Waals surface area contributed by atoms with E-state index in [1.807, 2.05) is 6.07 Å². The third-order valence-corrected chi connectivity index (χ3v) is 4.63. The maximum atomic E-state index is 11.8. The quantitative estimate of drug-likeness (QED) is 0.859. The summed E-state index contributed by atoms with van der Waals surface area (Å²) in [6, 6.07) is 4.37. The first-order valence-electron chi connectivity index (χ1n) is 6.80. The molecule has 1 aliphatic carbocycles. The largest absolute Gasteiger partial charge is 0.356 e. The van der Waals surface area contributed by atoms with E-state index in [1.54, 1.807) is 11.3 Å². The van der Waals surface area contributed by atoms with Crippen molar-refractivity contribution in [3.63, 3.8) is 0 Å². The topological polar surface area (TPSA) is 55.1 Å². The first-order valence-corrected chi connectivity index (χ1v) is 7.68. The predicted octanol–water partition coefficient (Wildman–Crippen LogP) is 2.31. The molecule has 0 aliphatic heterocycles. The van der Waals surface area contributed by atoms with Gasteiger partial charge in [-0.1, -0.05) is 18.9 Å². The fourth-order valence-corrected chi connectivity index (χ4v) is 3.29. The minimum absolute atomic E-state index is 0.161. The van der Waals surface area contributed by atoms with Crippen molar-refractivity contribution in [2.75, 3.05) is 6.54 Å². The summed E-state index contributed by atoms with van der Waals surface area (Å²) >= 11 is 1.74. The number of amides is 1. The summed E-state index contributed by atoms with van der Waals surface area (Å²) in [5.41, 5.74) is 6.05. The molecular formula is C14H22N2OS. The second-order valence-corrected chi connectivity index (χ2v) is 6.12. The highest BCUT2D eigenvalue weighted by Crippen LogP contribution is 2.25. The molecule has 2 rings (SSSR count). The highest BCUT2D eigenvalue weighted by Gasteiger charge is 2.23. The van der Waals surface area contributed by atoms with Crippen molar-refractivity contribution >= 4 is 17.2 Å². The van der Waals surface area contributed by atoms with Crippen LogP contribution in [0.5, 0.6) is 0 Å². The van der Waals surface area contributed by atoms with Crippen molar-refractivity contribution in [1.29, 1.82) is 0 Å². The van der Waals surface area contributed by atoms with E-state index < -0.39 is 0 Å². The van der Waals surface area contributed by atoms with E-state index in [0.717, 1.165) is 25.8 Å². The van der Waals surface area contributed by atoms with Crippen LogP contribution in [-0.4, -0.2) is 18.5 Å². The van der Waals surface area contributed by atoms with Gasteiger partial charge in [0.15, 0.2) is 0 Å². The summed E-state index contributed by atoms with van der Waals surface area (Å²) < 4.78 is 0. The summed E-state index contributed by atoms with van der Waals surface area (Å²) in [7, 11) is 0. The van der Waals surface area contributed by atoms with Crippen molar-refractivity contribution in [3.05, 3.63) is 22.4 Å². The molecule has 1 aliphatic rings.